The van der Waals surface area contributed by atoms with Crippen LogP contribution in [0.15, 0.2) is 36.5 Å². The van der Waals surface area contributed by atoms with Gasteiger partial charge in [-0.05, 0) is 62.9 Å². The highest BCUT2D eigenvalue weighted by Crippen LogP contribution is 2.46. The van der Waals surface area contributed by atoms with Crippen LogP contribution in [0.4, 0.5) is 0 Å². The lowest BCUT2D eigenvalue weighted by atomic mass is 9.75. The van der Waals surface area contributed by atoms with E-state index in [1.165, 1.54) is 37.1 Å². The summed E-state index contributed by atoms with van der Waals surface area (Å²) in [6.07, 6.45) is 4.39. The second-order valence-corrected chi connectivity index (χ2v) is 8.42. The molecule has 4 aliphatic heterocycles. The van der Waals surface area contributed by atoms with Crippen LogP contribution in [0.2, 0.25) is 0 Å². The lowest BCUT2D eigenvalue weighted by molar-refractivity contribution is -0.00356. The number of nitrogens with zero attached hydrogens (tertiary/aromatic N) is 2. The van der Waals surface area contributed by atoms with E-state index < -0.39 is 0 Å². The molecule has 4 saturated heterocycles. The van der Waals surface area contributed by atoms with E-state index in [9.17, 15) is 4.79 Å². The van der Waals surface area contributed by atoms with Crippen LogP contribution in [0.3, 0.4) is 0 Å². The number of hydrogen-bond donors (Lipinski definition) is 1. The molecule has 1 aromatic carbocycles. The summed E-state index contributed by atoms with van der Waals surface area (Å²) in [7, 11) is 0. The van der Waals surface area contributed by atoms with Gasteiger partial charge in [-0.3, -0.25) is 9.69 Å². The molecule has 4 fully saturated rings. The summed E-state index contributed by atoms with van der Waals surface area (Å²) in [4.78, 5) is 21.3. The first-order valence-electron chi connectivity index (χ1n) is 9.88. The number of H-pyrrole nitrogens is 1. The Balaban J connectivity index is 1.52. The Bertz CT molecular complexity index is 816. The molecule has 2 bridgehead atoms. The molecular weight excluding hydrogens is 322 g/mol. The average Bonchev–Trinajstić information content (AvgIpc) is 3.28. The molecule has 4 heteroatoms. The molecule has 5 heterocycles. The van der Waals surface area contributed by atoms with Crippen molar-refractivity contribution in [1.29, 1.82) is 0 Å². The van der Waals surface area contributed by atoms with Gasteiger partial charge in [0.1, 0.15) is 5.69 Å². The fraction of sp³-hybridized carbons (Fsp3) is 0.500. The van der Waals surface area contributed by atoms with E-state index >= 15 is 0 Å². The highest BCUT2D eigenvalue weighted by atomic mass is 16.2. The van der Waals surface area contributed by atoms with Crippen LogP contribution >= 0.6 is 0 Å². The molecule has 4 nitrogen and oxygen atoms in total. The number of hydrogen-bond acceptors (Lipinski definition) is 2. The SMILES string of the molecule is Cc1ccc([C@@H]2CN(C(=O)c3cc(C)c[nH]3)[C@@H]3C4CCN(CC4)[C@@H]32)cc1. The summed E-state index contributed by atoms with van der Waals surface area (Å²) >= 11 is 0. The average molecular weight is 349 g/mol. The summed E-state index contributed by atoms with van der Waals surface area (Å²) in [6.45, 7) is 7.39. The van der Waals surface area contributed by atoms with Crippen molar-refractivity contribution in [2.24, 2.45) is 5.92 Å². The largest absolute Gasteiger partial charge is 0.357 e. The van der Waals surface area contributed by atoms with Gasteiger partial charge in [-0.1, -0.05) is 29.8 Å². The van der Waals surface area contributed by atoms with Crippen molar-refractivity contribution in [3.8, 4) is 0 Å². The fourth-order valence-electron chi connectivity index (χ4n) is 5.54. The van der Waals surface area contributed by atoms with Crippen LogP contribution in [0.25, 0.3) is 0 Å². The molecule has 136 valence electrons. The number of rotatable bonds is 2. The maximum atomic E-state index is 13.3. The highest BCUT2D eigenvalue weighted by molar-refractivity contribution is 5.93. The summed E-state index contributed by atoms with van der Waals surface area (Å²) in [6, 6.07) is 11.8. The third-order valence-electron chi connectivity index (χ3n) is 6.82. The standard InChI is InChI=1S/C22H27N3O/c1-14-3-5-16(6-4-14)18-13-25(22(26)19-11-15(2)12-23-19)20-17-7-9-24(10-8-17)21(18)20/h3-6,11-12,17-18,20-21,23H,7-10,13H2,1-2H3/t18-,20+,21+/m0/s1. The molecule has 3 atom stereocenters. The molecule has 0 unspecified atom stereocenters. The molecule has 0 spiro atoms. The Hall–Kier alpha value is -2.07. The number of aromatic amines is 1. The normalized spacial score (nSPS) is 32.7. The van der Waals surface area contributed by atoms with Crippen molar-refractivity contribution >= 4 is 5.91 Å². The number of carbonyl (C=O) groups excluding carboxylic acids is 1. The lowest BCUT2D eigenvalue weighted by Crippen LogP contribution is -2.60. The molecule has 1 N–H and O–H groups in total. The van der Waals surface area contributed by atoms with Crippen LogP contribution < -0.4 is 0 Å². The van der Waals surface area contributed by atoms with Gasteiger partial charge in [-0.15, -0.1) is 0 Å². The minimum Gasteiger partial charge on any atom is -0.357 e. The Morgan fingerprint density at radius 2 is 1.77 bits per heavy atom. The smallest absolute Gasteiger partial charge is 0.270 e. The van der Waals surface area contributed by atoms with Crippen LogP contribution in [-0.2, 0) is 0 Å². The number of piperidine rings is 3. The van der Waals surface area contributed by atoms with Gasteiger partial charge in [0.25, 0.3) is 5.91 Å². The summed E-state index contributed by atoms with van der Waals surface area (Å²) < 4.78 is 0. The van der Waals surface area contributed by atoms with E-state index in [4.69, 9.17) is 0 Å². The molecule has 0 aliphatic carbocycles. The third-order valence-corrected chi connectivity index (χ3v) is 6.82. The second kappa shape index (κ2) is 5.98. The summed E-state index contributed by atoms with van der Waals surface area (Å²) in [5.74, 6) is 1.25. The minimum atomic E-state index is 0.177. The zero-order chi connectivity index (χ0) is 17.8. The molecule has 0 radical (unpaired) electrons. The molecule has 2 aromatic rings. The molecule has 26 heavy (non-hydrogen) atoms. The van der Waals surface area contributed by atoms with Crippen molar-refractivity contribution in [2.75, 3.05) is 19.6 Å². The van der Waals surface area contributed by atoms with E-state index in [0.717, 1.165) is 17.8 Å². The van der Waals surface area contributed by atoms with Crippen LogP contribution in [0.5, 0.6) is 0 Å². The van der Waals surface area contributed by atoms with Gasteiger partial charge < -0.3 is 9.88 Å². The van der Waals surface area contributed by atoms with Crippen LogP contribution in [0, 0.1) is 19.8 Å². The lowest BCUT2D eigenvalue weighted by Gasteiger charge is -2.51. The van der Waals surface area contributed by atoms with E-state index in [1.807, 2.05) is 19.2 Å². The van der Waals surface area contributed by atoms with E-state index in [0.29, 0.717) is 23.9 Å². The van der Waals surface area contributed by atoms with Crippen LogP contribution in [-0.4, -0.2) is 52.4 Å². The maximum absolute atomic E-state index is 13.3. The fourth-order valence-corrected chi connectivity index (χ4v) is 5.54. The summed E-state index contributed by atoms with van der Waals surface area (Å²) in [5, 5.41) is 0. The first-order chi connectivity index (χ1) is 12.6. The van der Waals surface area contributed by atoms with E-state index in [2.05, 4.69) is 46.0 Å². The highest BCUT2D eigenvalue weighted by Gasteiger charge is 2.54. The number of amides is 1. The maximum Gasteiger partial charge on any atom is 0.270 e. The number of benzene rings is 1. The van der Waals surface area contributed by atoms with Crippen molar-refractivity contribution in [1.82, 2.24) is 14.8 Å². The molecule has 1 amide bonds. The molecular formula is C22H27N3O. The van der Waals surface area contributed by atoms with E-state index in [-0.39, 0.29) is 5.91 Å². The molecule has 4 aliphatic rings. The number of fused-ring (bicyclic) bond motifs is 2. The summed E-state index contributed by atoms with van der Waals surface area (Å²) in [5.41, 5.74) is 4.54. The van der Waals surface area contributed by atoms with Crippen molar-refractivity contribution in [2.45, 2.75) is 44.7 Å². The third kappa shape index (κ3) is 2.43. The first-order valence-corrected chi connectivity index (χ1v) is 9.88. The van der Waals surface area contributed by atoms with Gasteiger partial charge in [-0.2, -0.15) is 0 Å². The zero-order valence-electron chi connectivity index (χ0n) is 15.6. The Labute approximate surface area is 155 Å². The van der Waals surface area contributed by atoms with Crippen molar-refractivity contribution < 1.29 is 4.79 Å². The number of aryl methyl sites for hydroxylation is 2. The monoisotopic (exact) mass is 349 g/mol. The second-order valence-electron chi connectivity index (χ2n) is 8.42. The minimum absolute atomic E-state index is 0.177. The van der Waals surface area contributed by atoms with Gasteiger partial charge in [0.2, 0.25) is 0 Å². The predicted octanol–water partition coefficient (Wildman–Crippen LogP) is 3.33. The van der Waals surface area contributed by atoms with Gasteiger partial charge in [0.15, 0.2) is 0 Å². The Morgan fingerprint density at radius 1 is 1.04 bits per heavy atom. The van der Waals surface area contributed by atoms with Gasteiger partial charge in [0.05, 0.1) is 6.04 Å². The topological polar surface area (TPSA) is 39.3 Å². The Morgan fingerprint density at radius 3 is 2.42 bits per heavy atom. The number of aromatic nitrogens is 1. The zero-order valence-corrected chi connectivity index (χ0v) is 15.6. The quantitative estimate of drug-likeness (QED) is 0.903. The molecule has 1 aromatic heterocycles. The molecule has 0 saturated carbocycles. The van der Waals surface area contributed by atoms with Crippen molar-refractivity contribution in [3.05, 3.63) is 58.9 Å². The van der Waals surface area contributed by atoms with E-state index in [1.54, 1.807) is 0 Å². The number of carbonyl (C=O) groups is 1. The predicted molar refractivity (Wildman–Crippen MR) is 102 cm³/mol. The molecule has 6 rings (SSSR count). The number of nitrogens with one attached hydrogen (secondary N) is 1. The van der Waals surface area contributed by atoms with Gasteiger partial charge in [-0.25, -0.2) is 0 Å². The first kappa shape index (κ1) is 16.1. The van der Waals surface area contributed by atoms with Crippen LogP contribution in [0.1, 0.15) is 45.9 Å². The Kier molecular flexibility index (Phi) is 3.71. The number of likely N-dealkylation sites (tertiary alicyclic amines) is 1. The van der Waals surface area contributed by atoms with Gasteiger partial charge in [0, 0.05) is 24.7 Å². The van der Waals surface area contributed by atoms with Crippen molar-refractivity contribution in [3.63, 3.8) is 0 Å². The van der Waals surface area contributed by atoms with Gasteiger partial charge >= 0.3 is 0 Å².